The standard InChI is InChI=1S/C8H14N4O4/c1-5(11-15)7(13)9-3-4-10-8(14)6(2)12-16/h15-16H,3-4H2,1-2H3,(H,9,13)(H,10,14). The van der Waals surface area contributed by atoms with Gasteiger partial charge in [-0.3, -0.25) is 9.59 Å². The Morgan fingerprint density at radius 3 is 1.50 bits per heavy atom. The Balaban J connectivity index is 3.78. The van der Waals surface area contributed by atoms with Gasteiger partial charge in [0.1, 0.15) is 11.4 Å². The fraction of sp³-hybridized carbons (Fsp3) is 0.500. The number of rotatable bonds is 5. The third-order valence-electron chi connectivity index (χ3n) is 1.65. The minimum Gasteiger partial charge on any atom is -0.410 e. The lowest BCUT2D eigenvalue weighted by Gasteiger charge is -2.05. The molecule has 0 aromatic rings. The van der Waals surface area contributed by atoms with Crippen LogP contribution < -0.4 is 10.6 Å². The van der Waals surface area contributed by atoms with Crippen LogP contribution in [0.15, 0.2) is 10.3 Å². The van der Waals surface area contributed by atoms with Gasteiger partial charge in [0.25, 0.3) is 11.8 Å². The van der Waals surface area contributed by atoms with E-state index in [2.05, 4.69) is 20.9 Å². The van der Waals surface area contributed by atoms with Gasteiger partial charge in [0.05, 0.1) is 0 Å². The number of hydrogen-bond acceptors (Lipinski definition) is 6. The second-order valence-electron chi connectivity index (χ2n) is 2.88. The molecule has 0 aliphatic heterocycles. The third kappa shape index (κ3) is 4.94. The van der Waals surface area contributed by atoms with E-state index in [1.165, 1.54) is 13.8 Å². The van der Waals surface area contributed by atoms with E-state index >= 15 is 0 Å². The third-order valence-corrected chi connectivity index (χ3v) is 1.65. The molecule has 0 aliphatic rings. The second kappa shape index (κ2) is 7.21. The number of amides is 2. The number of oxime groups is 2. The predicted octanol–water partition coefficient (Wildman–Crippen LogP) is -1.08. The van der Waals surface area contributed by atoms with Crippen LogP contribution in [0.3, 0.4) is 0 Å². The fourth-order valence-electron chi connectivity index (χ4n) is 0.699. The fourth-order valence-corrected chi connectivity index (χ4v) is 0.699. The Bertz CT molecular complexity index is 292. The minimum absolute atomic E-state index is 0.0700. The summed E-state index contributed by atoms with van der Waals surface area (Å²) < 4.78 is 0. The van der Waals surface area contributed by atoms with E-state index in [4.69, 9.17) is 10.4 Å². The molecule has 4 N–H and O–H groups in total. The van der Waals surface area contributed by atoms with Crippen molar-refractivity contribution < 1.29 is 20.0 Å². The molecule has 0 fully saturated rings. The molecule has 0 rings (SSSR count). The second-order valence-corrected chi connectivity index (χ2v) is 2.88. The van der Waals surface area contributed by atoms with Crippen LogP contribution in [-0.4, -0.2) is 46.7 Å². The Hall–Kier alpha value is -2.12. The summed E-state index contributed by atoms with van der Waals surface area (Å²) in [6.45, 7) is 3.04. The van der Waals surface area contributed by atoms with E-state index in [0.717, 1.165) is 0 Å². The van der Waals surface area contributed by atoms with Crippen molar-refractivity contribution in [1.82, 2.24) is 10.6 Å². The van der Waals surface area contributed by atoms with Crippen LogP contribution in [0.25, 0.3) is 0 Å². The molecular formula is C8H14N4O4. The molecule has 0 saturated heterocycles. The summed E-state index contributed by atoms with van der Waals surface area (Å²) in [6.07, 6.45) is 0. The van der Waals surface area contributed by atoms with Crippen molar-refractivity contribution in [3.63, 3.8) is 0 Å². The van der Waals surface area contributed by atoms with Gasteiger partial charge in [-0.05, 0) is 13.8 Å². The summed E-state index contributed by atoms with van der Waals surface area (Å²) in [4.78, 5) is 22.1. The minimum atomic E-state index is -0.524. The molecule has 8 heteroatoms. The van der Waals surface area contributed by atoms with E-state index in [-0.39, 0.29) is 24.5 Å². The van der Waals surface area contributed by atoms with Gasteiger partial charge in [-0.2, -0.15) is 0 Å². The molecule has 0 bridgehead atoms. The highest BCUT2D eigenvalue weighted by Gasteiger charge is 2.07. The maximum absolute atomic E-state index is 11.0. The van der Waals surface area contributed by atoms with Gasteiger partial charge in [0.2, 0.25) is 0 Å². The van der Waals surface area contributed by atoms with Crippen molar-refractivity contribution in [2.75, 3.05) is 13.1 Å². The summed E-state index contributed by atoms with van der Waals surface area (Å²) in [5.41, 5.74) is -0.140. The zero-order chi connectivity index (χ0) is 12.6. The van der Waals surface area contributed by atoms with Gasteiger partial charge in [0.15, 0.2) is 0 Å². The Kier molecular flexibility index (Phi) is 6.25. The SMILES string of the molecule is CC(=NO)C(=O)NCCNC(=O)C(C)=NO. The Morgan fingerprint density at radius 2 is 1.25 bits per heavy atom. The van der Waals surface area contributed by atoms with Crippen LogP contribution in [0.2, 0.25) is 0 Å². The lowest BCUT2D eigenvalue weighted by atomic mass is 10.4. The van der Waals surface area contributed by atoms with Crippen LogP contribution in [0.5, 0.6) is 0 Å². The molecule has 8 nitrogen and oxygen atoms in total. The average molecular weight is 230 g/mol. The average Bonchev–Trinajstić information content (AvgIpc) is 2.31. The maximum Gasteiger partial charge on any atom is 0.268 e. The van der Waals surface area contributed by atoms with Crippen molar-refractivity contribution in [2.45, 2.75) is 13.8 Å². The summed E-state index contributed by atoms with van der Waals surface area (Å²) in [5.74, 6) is -1.05. The van der Waals surface area contributed by atoms with E-state index in [9.17, 15) is 9.59 Å². The number of hydrogen-bond donors (Lipinski definition) is 4. The highest BCUT2D eigenvalue weighted by Crippen LogP contribution is 1.76. The van der Waals surface area contributed by atoms with Crippen LogP contribution in [0, 0.1) is 0 Å². The summed E-state index contributed by atoms with van der Waals surface area (Å²) in [6, 6.07) is 0. The van der Waals surface area contributed by atoms with E-state index in [1.807, 2.05) is 0 Å². The molecule has 0 aromatic carbocycles. The number of carbonyl (C=O) groups excluding carboxylic acids is 2. The molecule has 0 spiro atoms. The van der Waals surface area contributed by atoms with E-state index < -0.39 is 11.8 Å². The number of carbonyl (C=O) groups is 2. The maximum atomic E-state index is 11.0. The van der Waals surface area contributed by atoms with Gasteiger partial charge in [-0.25, -0.2) is 0 Å². The first-order valence-electron chi connectivity index (χ1n) is 4.46. The quantitative estimate of drug-likeness (QED) is 0.207. The van der Waals surface area contributed by atoms with Crippen LogP contribution >= 0.6 is 0 Å². The zero-order valence-electron chi connectivity index (χ0n) is 9.02. The smallest absolute Gasteiger partial charge is 0.268 e. The topological polar surface area (TPSA) is 123 Å². The summed E-state index contributed by atoms with van der Waals surface area (Å²) in [5, 5.41) is 26.8. The highest BCUT2D eigenvalue weighted by atomic mass is 16.4. The van der Waals surface area contributed by atoms with Crippen molar-refractivity contribution in [3.05, 3.63) is 0 Å². The van der Waals surface area contributed by atoms with Crippen LogP contribution in [-0.2, 0) is 9.59 Å². The predicted molar refractivity (Wildman–Crippen MR) is 55.8 cm³/mol. The molecule has 0 radical (unpaired) electrons. The molecule has 0 aliphatic carbocycles. The first-order valence-corrected chi connectivity index (χ1v) is 4.46. The molecular weight excluding hydrogens is 216 g/mol. The first-order chi connectivity index (χ1) is 7.52. The molecule has 0 heterocycles. The Labute approximate surface area is 92.0 Å². The molecule has 16 heavy (non-hydrogen) atoms. The van der Waals surface area contributed by atoms with E-state index in [0.29, 0.717) is 0 Å². The summed E-state index contributed by atoms with van der Waals surface area (Å²) >= 11 is 0. The van der Waals surface area contributed by atoms with Gasteiger partial charge in [-0.1, -0.05) is 10.3 Å². The van der Waals surface area contributed by atoms with Gasteiger partial charge < -0.3 is 21.0 Å². The normalized spacial score (nSPS) is 12.1. The van der Waals surface area contributed by atoms with E-state index in [1.54, 1.807) is 0 Å². The van der Waals surface area contributed by atoms with Crippen molar-refractivity contribution in [2.24, 2.45) is 10.3 Å². The largest absolute Gasteiger partial charge is 0.410 e. The Morgan fingerprint density at radius 1 is 0.938 bits per heavy atom. The lowest BCUT2D eigenvalue weighted by Crippen LogP contribution is -2.38. The molecule has 0 saturated carbocycles. The number of nitrogens with one attached hydrogen (secondary N) is 2. The van der Waals surface area contributed by atoms with Crippen molar-refractivity contribution in [3.8, 4) is 0 Å². The molecule has 0 atom stereocenters. The van der Waals surface area contributed by atoms with Gasteiger partial charge in [0, 0.05) is 13.1 Å². The zero-order valence-corrected chi connectivity index (χ0v) is 9.02. The van der Waals surface area contributed by atoms with Crippen LogP contribution in [0.4, 0.5) is 0 Å². The molecule has 90 valence electrons. The monoisotopic (exact) mass is 230 g/mol. The summed E-state index contributed by atoms with van der Waals surface area (Å²) in [7, 11) is 0. The van der Waals surface area contributed by atoms with Crippen LogP contribution in [0.1, 0.15) is 13.8 Å². The van der Waals surface area contributed by atoms with Gasteiger partial charge >= 0.3 is 0 Å². The number of nitrogens with zero attached hydrogens (tertiary/aromatic N) is 2. The van der Waals surface area contributed by atoms with Gasteiger partial charge in [-0.15, -0.1) is 0 Å². The van der Waals surface area contributed by atoms with Crippen molar-refractivity contribution in [1.29, 1.82) is 0 Å². The lowest BCUT2D eigenvalue weighted by molar-refractivity contribution is -0.116. The first kappa shape index (κ1) is 13.9. The highest BCUT2D eigenvalue weighted by molar-refractivity contribution is 6.38. The molecule has 2 amide bonds. The molecule has 0 unspecified atom stereocenters. The molecule has 0 aromatic heterocycles. The van der Waals surface area contributed by atoms with Crippen molar-refractivity contribution >= 4 is 23.2 Å².